The molecule has 4 heteroatoms. The zero-order valence-corrected chi connectivity index (χ0v) is 8.45. The maximum absolute atomic E-state index is 10.7. The lowest BCUT2D eigenvalue weighted by Gasteiger charge is -2.01. The van der Waals surface area contributed by atoms with Crippen LogP contribution in [0.5, 0.6) is 0 Å². The maximum atomic E-state index is 10.7. The van der Waals surface area contributed by atoms with Crippen LogP contribution in [0.3, 0.4) is 0 Å². The third kappa shape index (κ3) is 1.60. The molecule has 0 aromatic carbocycles. The molecular formula is C10H10ClNO2. The van der Waals surface area contributed by atoms with Gasteiger partial charge in [-0.15, -0.1) is 0 Å². The topological polar surface area (TPSA) is 50.2 Å². The highest BCUT2D eigenvalue weighted by atomic mass is 35.5. The average molecular weight is 212 g/mol. The van der Waals surface area contributed by atoms with Crippen molar-refractivity contribution in [3.63, 3.8) is 0 Å². The standard InChI is InChI=1S/C10H10ClNO2/c1-5-2-6(4-12-9(5)11)7-3-8(7)10(13)14/h2,4,7-8H,3H2,1H3,(H,13,14). The predicted molar refractivity (Wildman–Crippen MR) is 52.5 cm³/mol. The summed E-state index contributed by atoms with van der Waals surface area (Å²) < 4.78 is 0. The van der Waals surface area contributed by atoms with Gasteiger partial charge in [0.25, 0.3) is 0 Å². The van der Waals surface area contributed by atoms with Gasteiger partial charge in [-0.3, -0.25) is 4.79 Å². The first-order chi connectivity index (χ1) is 6.59. The van der Waals surface area contributed by atoms with E-state index in [0.717, 1.165) is 17.5 Å². The van der Waals surface area contributed by atoms with E-state index in [1.54, 1.807) is 6.20 Å². The van der Waals surface area contributed by atoms with Crippen LogP contribution in [0.1, 0.15) is 23.5 Å². The number of aliphatic carboxylic acids is 1. The number of pyridine rings is 1. The molecule has 2 rings (SSSR count). The van der Waals surface area contributed by atoms with Gasteiger partial charge in [-0.05, 0) is 30.4 Å². The summed E-state index contributed by atoms with van der Waals surface area (Å²) in [7, 11) is 0. The Morgan fingerprint density at radius 2 is 2.43 bits per heavy atom. The Bertz CT molecular complexity index is 392. The number of nitrogens with zero attached hydrogens (tertiary/aromatic N) is 1. The van der Waals surface area contributed by atoms with E-state index in [2.05, 4.69) is 4.98 Å². The Balaban J connectivity index is 2.20. The summed E-state index contributed by atoms with van der Waals surface area (Å²) in [4.78, 5) is 14.7. The molecule has 0 amide bonds. The second kappa shape index (κ2) is 3.24. The average Bonchev–Trinajstić information content (AvgIpc) is 2.89. The molecule has 2 unspecified atom stereocenters. The van der Waals surface area contributed by atoms with E-state index in [-0.39, 0.29) is 11.8 Å². The lowest BCUT2D eigenvalue weighted by Crippen LogP contribution is -1.99. The van der Waals surface area contributed by atoms with Gasteiger partial charge < -0.3 is 5.11 Å². The smallest absolute Gasteiger partial charge is 0.307 e. The fourth-order valence-electron chi connectivity index (χ4n) is 1.62. The van der Waals surface area contributed by atoms with Gasteiger partial charge in [0, 0.05) is 6.20 Å². The Labute approximate surface area is 86.7 Å². The zero-order valence-electron chi connectivity index (χ0n) is 7.70. The van der Waals surface area contributed by atoms with Crippen molar-refractivity contribution in [2.45, 2.75) is 19.3 Å². The molecule has 1 aliphatic carbocycles. The minimum Gasteiger partial charge on any atom is -0.481 e. The van der Waals surface area contributed by atoms with E-state index in [4.69, 9.17) is 16.7 Å². The lowest BCUT2D eigenvalue weighted by atomic mass is 10.1. The summed E-state index contributed by atoms with van der Waals surface area (Å²) in [6.07, 6.45) is 2.39. The van der Waals surface area contributed by atoms with Crippen molar-refractivity contribution >= 4 is 17.6 Å². The molecule has 0 aliphatic heterocycles. The van der Waals surface area contributed by atoms with Gasteiger partial charge in [0.05, 0.1) is 5.92 Å². The summed E-state index contributed by atoms with van der Waals surface area (Å²) in [5, 5.41) is 9.25. The third-order valence-corrected chi connectivity index (χ3v) is 2.97. The molecule has 0 bridgehead atoms. The second-order valence-corrected chi connectivity index (χ2v) is 4.02. The van der Waals surface area contributed by atoms with Crippen LogP contribution in [0.25, 0.3) is 0 Å². The number of carboxylic acid groups (broad SMARTS) is 1. The fourth-order valence-corrected chi connectivity index (χ4v) is 1.72. The molecule has 1 heterocycles. The van der Waals surface area contributed by atoms with Crippen molar-refractivity contribution in [2.75, 3.05) is 0 Å². The number of carboxylic acids is 1. The van der Waals surface area contributed by atoms with Crippen LogP contribution in [0.15, 0.2) is 12.3 Å². The first kappa shape index (κ1) is 9.46. The van der Waals surface area contributed by atoms with Crippen molar-refractivity contribution in [1.82, 2.24) is 4.98 Å². The van der Waals surface area contributed by atoms with Gasteiger partial charge in [0.1, 0.15) is 5.15 Å². The number of hydrogen-bond donors (Lipinski definition) is 1. The molecule has 0 saturated heterocycles. The first-order valence-electron chi connectivity index (χ1n) is 4.44. The highest BCUT2D eigenvalue weighted by molar-refractivity contribution is 6.30. The Morgan fingerprint density at radius 1 is 1.71 bits per heavy atom. The van der Waals surface area contributed by atoms with Crippen molar-refractivity contribution in [1.29, 1.82) is 0 Å². The largest absolute Gasteiger partial charge is 0.481 e. The van der Waals surface area contributed by atoms with Gasteiger partial charge in [-0.25, -0.2) is 4.98 Å². The van der Waals surface area contributed by atoms with E-state index in [1.807, 2.05) is 13.0 Å². The molecule has 14 heavy (non-hydrogen) atoms. The van der Waals surface area contributed by atoms with E-state index in [1.165, 1.54) is 0 Å². The molecule has 1 aromatic heterocycles. The molecule has 2 atom stereocenters. The maximum Gasteiger partial charge on any atom is 0.307 e. The predicted octanol–water partition coefficient (Wildman–Crippen LogP) is 2.23. The number of aromatic nitrogens is 1. The van der Waals surface area contributed by atoms with Crippen molar-refractivity contribution in [2.24, 2.45) is 5.92 Å². The van der Waals surface area contributed by atoms with Crippen LogP contribution in [-0.4, -0.2) is 16.1 Å². The quantitative estimate of drug-likeness (QED) is 0.764. The van der Waals surface area contributed by atoms with Crippen molar-refractivity contribution < 1.29 is 9.90 Å². The second-order valence-electron chi connectivity index (χ2n) is 3.66. The van der Waals surface area contributed by atoms with Crippen LogP contribution < -0.4 is 0 Å². The first-order valence-corrected chi connectivity index (χ1v) is 4.82. The fraction of sp³-hybridized carbons (Fsp3) is 0.400. The number of aryl methyl sites for hydroxylation is 1. The number of hydrogen-bond acceptors (Lipinski definition) is 2. The number of halogens is 1. The van der Waals surface area contributed by atoms with Gasteiger partial charge >= 0.3 is 5.97 Å². The summed E-state index contributed by atoms with van der Waals surface area (Å²) in [6.45, 7) is 1.87. The molecule has 0 radical (unpaired) electrons. The van der Waals surface area contributed by atoms with Crippen LogP contribution in [0.4, 0.5) is 0 Å². The highest BCUT2D eigenvalue weighted by Crippen LogP contribution is 2.47. The van der Waals surface area contributed by atoms with Gasteiger partial charge in [0.2, 0.25) is 0 Å². The number of rotatable bonds is 2. The lowest BCUT2D eigenvalue weighted by molar-refractivity contribution is -0.138. The van der Waals surface area contributed by atoms with E-state index >= 15 is 0 Å². The van der Waals surface area contributed by atoms with E-state index in [9.17, 15) is 4.79 Å². The minimum atomic E-state index is -0.720. The Kier molecular flexibility index (Phi) is 2.19. The van der Waals surface area contributed by atoms with Crippen LogP contribution in [-0.2, 0) is 4.79 Å². The monoisotopic (exact) mass is 211 g/mol. The van der Waals surface area contributed by atoms with Crippen LogP contribution in [0, 0.1) is 12.8 Å². The zero-order chi connectivity index (χ0) is 10.3. The molecule has 3 nitrogen and oxygen atoms in total. The highest BCUT2D eigenvalue weighted by Gasteiger charge is 2.44. The van der Waals surface area contributed by atoms with E-state index in [0.29, 0.717) is 5.15 Å². The van der Waals surface area contributed by atoms with Gasteiger partial charge in [0.15, 0.2) is 0 Å². The van der Waals surface area contributed by atoms with Crippen LogP contribution >= 0.6 is 11.6 Å². The summed E-state index contributed by atoms with van der Waals surface area (Å²) in [6, 6.07) is 1.92. The normalized spacial score (nSPS) is 24.7. The molecular weight excluding hydrogens is 202 g/mol. The van der Waals surface area contributed by atoms with Gasteiger partial charge in [-0.1, -0.05) is 17.7 Å². The SMILES string of the molecule is Cc1cc(C2CC2C(=O)O)cnc1Cl. The molecule has 74 valence electrons. The van der Waals surface area contributed by atoms with Gasteiger partial charge in [-0.2, -0.15) is 0 Å². The molecule has 0 spiro atoms. The molecule has 1 fully saturated rings. The van der Waals surface area contributed by atoms with Crippen LogP contribution in [0.2, 0.25) is 5.15 Å². The number of carbonyl (C=O) groups is 1. The Hall–Kier alpha value is -1.09. The van der Waals surface area contributed by atoms with Crippen molar-refractivity contribution in [3.05, 3.63) is 28.5 Å². The molecule has 1 aliphatic rings. The minimum absolute atomic E-state index is 0.135. The Morgan fingerprint density at radius 3 is 2.93 bits per heavy atom. The van der Waals surface area contributed by atoms with E-state index < -0.39 is 5.97 Å². The molecule has 1 saturated carbocycles. The summed E-state index contributed by atoms with van der Waals surface area (Å²) >= 11 is 5.78. The van der Waals surface area contributed by atoms with Crippen molar-refractivity contribution in [3.8, 4) is 0 Å². The third-order valence-electron chi connectivity index (χ3n) is 2.57. The molecule has 1 aromatic rings. The molecule has 1 N–H and O–H groups in total. The summed E-state index contributed by atoms with van der Waals surface area (Å²) in [5.41, 5.74) is 1.89. The summed E-state index contributed by atoms with van der Waals surface area (Å²) in [5.74, 6) is -0.809.